The Kier molecular flexibility index (Phi) is 8.45. The molecule has 5 rings (SSSR count). The number of halogens is 3. The summed E-state index contributed by atoms with van der Waals surface area (Å²) in [6.45, 7) is 7.20. The van der Waals surface area contributed by atoms with Gasteiger partial charge in [0.25, 0.3) is 11.5 Å². The maximum atomic E-state index is 13.6. The van der Waals surface area contributed by atoms with E-state index in [0.717, 1.165) is 46.6 Å². The molecule has 0 saturated carbocycles. The number of benzene rings is 2. The molecule has 2 aromatic heterocycles. The highest BCUT2D eigenvalue weighted by Crippen LogP contribution is 2.36. The van der Waals surface area contributed by atoms with Gasteiger partial charge in [0.1, 0.15) is 6.54 Å². The number of H-pyrrole nitrogens is 1. The third kappa shape index (κ3) is 6.23. The molecule has 0 radical (unpaired) electrons. The van der Waals surface area contributed by atoms with E-state index in [1.54, 1.807) is 19.1 Å². The average molecular weight is 581 g/mol. The average Bonchev–Trinajstić information content (AvgIpc) is 3.36. The van der Waals surface area contributed by atoms with Crippen molar-refractivity contribution in [2.24, 2.45) is 0 Å². The summed E-state index contributed by atoms with van der Waals surface area (Å²) in [4.78, 5) is 31.4. The van der Waals surface area contributed by atoms with E-state index in [1.165, 1.54) is 6.20 Å². The van der Waals surface area contributed by atoms with Crippen molar-refractivity contribution in [3.8, 4) is 11.1 Å². The Morgan fingerprint density at radius 3 is 2.45 bits per heavy atom. The Hall–Kier alpha value is -4.05. The summed E-state index contributed by atoms with van der Waals surface area (Å²) in [5, 5.41) is 3.49. The minimum atomic E-state index is -4.43. The van der Waals surface area contributed by atoms with Gasteiger partial charge in [-0.25, -0.2) is 0 Å². The molecule has 1 fully saturated rings. The van der Waals surface area contributed by atoms with Gasteiger partial charge in [-0.2, -0.15) is 13.2 Å². The summed E-state index contributed by atoms with van der Waals surface area (Å²) in [5.74, 6) is -0.456. The molecular formula is C32H35F3N4O3. The number of ether oxygens (including phenoxy) is 1. The second-order valence-electron chi connectivity index (χ2n) is 10.8. The SMILES string of the molecule is CCCc1cc(C)[nH]c(=O)c1CNC(=O)c1cc(-c2ccc(N3CCOCC3)cc2)c2ccn(CC(F)(F)F)c2c1C. The number of pyridine rings is 1. The first-order chi connectivity index (χ1) is 20.1. The lowest BCUT2D eigenvalue weighted by Crippen LogP contribution is -2.36. The van der Waals surface area contributed by atoms with Crippen molar-refractivity contribution < 1.29 is 22.7 Å². The number of carbonyl (C=O) groups excluding carboxylic acids is 1. The van der Waals surface area contributed by atoms with Crippen LogP contribution >= 0.6 is 0 Å². The molecule has 1 aliphatic heterocycles. The van der Waals surface area contributed by atoms with Crippen LogP contribution in [-0.4, -0.2) is 47.9 Å². The third-order valence-corrected chi connectivity index (χ3v) is 7.76. The van der Waals surface area contributed by atoms with Gasteiger partial charge in [-0.1, -0.05) is 25.5 Å². The zero-order valence-electron chi connectivity index (χ0n) is 24.0. The lowest BCUT2D eigenvalue weighted by atomic mass is 9.94. The van der Waals surface area contributed by atoms with Crippen LogP contribution in [-0.2, 0) is 24.2 Å². The molecule has 1 aliphatic rings. The number of nitrogens with one attached hydrogen (secondary N) is 2. The van der Waals surface area contributed by atoms with E-state index in [2.05, 4.69) is 15.2 Å². The number of aromatic amines is 1. The largest absolute Gasteiger partial charge is 0.406 e. The van der Waals surface area contributed by atoms with Crippen LogP contribution in [0.25, 0.3) is 22.0 Å². The number of nitrogens with zero attached hydrogens (tertiary/aromatic N) is 2. The molecule has 10 heteroatoms. The second kappa shape index (κ2) is 12.1. The highest BCUT2D eigenvalue weighted by molar-refractivity contribution is 6.06. The van der Waals surface area contributed by atoms with Gasteiger partial charge in [-0.3, -0.25) is 9.59 Å². The smallest absolute Gasteiger partial charge is 0.378 e. The lowest BCUT2D eigenvalue weighted by Gasteiger charge is -2.29. The molecule has 1 amide bonds. The first kappa shape index (κ1) is 29.4. The minimum absolute atomic E-state index is 0.00833. The van der Waals surface area contributed by atoms with Crippen LogP contribution in [0.2, 0.25) is 0 Å². The van der Waals surface area contributed by atoms with Crippen molar-refractivity contribution in [2.45, 2.75) is 52.9 Å². The minimum Gasteiger partial charge on any atom is -0.378 e. The van der Waals surface area contributed by atoms with Crippen LogP contribution < -0.4 is 15.8 Å². The van der Waals surface area contributed by atoms with Gasteiger partial charge < -0.3 is 24.5 Å². The fourth-order valence-corrected chi connectivity index (χ4v) is 5.77. The van der Waals surface area contributed by atoms with E-state index in [1.807, 2.05) is 44.2 Å². The Bertz CT molecular complexity index is 1650. The van der Waals surface area contributed by atoms with Gasteiger partial charge in [0.2, 0.25) is 0 Å². The zero-order chi connectivity index (χ0) is 30.0. The summed E-state index contributed by atoms with van der Waals surface area (Å²) in [5.41, 5.74) is 5.37. The van der Waals surface area contributed by atoms with Gasteiger partial charge in [0, 0.05) is 53.7 Å². The number of hydrogen-bond donors (Lipinski definition) is 2. The fraction of sp³-hybridized carbons (Fsp3) is 0.375. The molecule has 0 aliphatic carbocycles. The van der Waals surface area contributed by atoms with Gasteiger partial charge >= 0.3 is 6.18 Å². The molecule has 0 bridgehead atoms. The molecule has 7 nitrogen and oxygen atoms in total. The van der Waals surface area contributed by atoms with Gasteiger partial charge in [-0.05, 0) is 72.9 Å². The van der Waals surface area contributed by atoms with Crippen molar-refractivity contribution in [2.75, 3.05) is 31.2 Å². The topological polar surface area (TPSA) is 79.4 Å². The normalized spacial score (nSPS) is 14.0. The first-order valence-corrected chi connectivity index (χ1v) is 14.2. The third-order valence-electron chi connectivity index (χ3n) is 7.76. The molecule has 1 saturated heterocycles. The van der Waals surface area contributed by atoms with Crippen molar-refractivity contribution in [1.29, 1.82) is 0 Å². The van der Waals surface area contributed by atoms with Gasteiger partial charge in [0.15, 0.2) is 0 Å². The number of anilines is 1. The van der Waals surface area contributed by atoms with Crippen LogP contribution in [0, 0.1) is 13.8 Å². The van der Waals surface area contributed by atoms with E-state index >= 15 is 0 Å². The van der Waals surface area contributed by atoms with Crippen molar-refractivity contribution in [3.05, 3.63) is 87.0 Å². The van der Waals surface area contributed by atoms with E-state index in [0.29, 0.717) is 47.2 Å². The number of aryl methyl sites for hydroxylation is 3. The van der Waals surface area contributed by atoms with Crippen LogP contribution in [0.5, 0.6) is 0 Å². The molecule has 42 heavy (non-hydrogen) atoms. The molecule has 2 N–H and O–H groups in total. The Balaban J connectivity index is 1.54. The molecule has 3 heterocycles. The predicted molar refractivity (Wildman–Crippen MR) is 158 cm³/mol. The van der Waals surface area contributed by atoms with E-state index in [-0.39, 0.29) is 17.7 Å². The molecule has 2 aromatic carbocycles. The monoisotopic (exact) mass is 580 g/mol. The molecule has 222 valence electrons. The first-order valence-electron chi connectivity index (χ1n) is 14.2. The molecule has 0 unspecified atom stereocenters. The summed E-state index contributed by atoms with van der Waals surface area (Å²) >= 11 is 0. The number of carbonyl (C=O) groups is 1. The van der Waals surface area contributed by atoms with Crippen molar-refractivity contribution in [3.63, 3.8) is 0 Å². The summed E-state index contributed by atoms with van der Waals surface area (Å²) in [6, 6.07) is 13.1. The van der Waals surface area contributed by atoms with Gasteiger partial charge in [-0.15, -0.1) is 0 Å². The van der Waals surface area contributed by atoms with Gasteiger partial charge in [0.05, 0.1) is 18.7 Å². The maximum Gasteiger partial charge on any atom is 0.406 e. The summed E-state index contributed by atoms with van der Waals surface area (Å²) < 4.78 is 47.1. The van der Waals surface area contributed by atoms with E-state index in [4.69, 9.17) is 4.74 Å². The summed E-state index contributed by atoms with van der Waals surface area (Å²) in [6.07, 6.45) is -1.49. The standard InChI is InChI=1S/C32H35F3N4O3/c1-4-5-23-16-20(2)37-31(41)28(23)18-36-30(40)26-17-27(22-6-8-24(9-7-22)38-12-14-42-15-13-38)25-10-11-39(19-32(33,34)35)29(25)21(26)3/h6-11,16-17H,4-5,12-15,18-19H2,1-3H3,(H,36,40)(H,37,41). The Labute approximate surface area is 242 Å². The number of amides is 1. The Morgan fingerprint density at radius 2 is 1.79 bits per heavy atom. The van der Waals surface area contributed by atoms with Crippen molar-refractivity contribution in [1.82, 2.24) is 14.9 Å². The van der Waals surface area contributed by atoms with Crippen LogP contribution in [0.15, 0.2) is 53.5 Å². The number of morpholine rings is 1. The van der Waals surface area contributed by atoms with Crippen molar-refractivity contribution >= 4 is 22.5 Å². The lowest BCUT2D eigenvalue weighted by molar-refractivity contribution is -0.139. The Morgan fingerprint density at radius 1 is 1.07 bits per heavy atom. The predicted octanol–water partition coefficient (Wildman–Crippen LogP) is 5.89. The number of fused-ring (bicyclic) bond motifs is 1. The molecule has 0 spiro atoms. The number of hydrogen-bond acceptors (Lipinski definition) is 4. The van der Waals surface area contributed by atoms with E-state index in [9.17, 15) is 22.8 Å². The quantitative estimate of drug-likeness (QED) is 0.272. The zero-order valence-corrected chi connectivity index (χ0v) is 24.0. The second-order valence-corrected chi connectivity index (χ2v) is 10.8. The van der Waals surface area contributed by atoms with E-state index < -0.39 is 18.6 Å². The van der Waals surface area contributed by atoms with Crippen LogP contribution in [0.1, 0.15) is 46.1 Å². The molecule has 0 atom stereocenters. The highest BCUT2D eigenvalue weighted by Gasteiger charge is 2.30. The number of aromatic nitrogens is 2. The maximum absolute atomic E-state index is 13.6. The number of rotatable bonds is 8. The highest BCUT2D eigenvalue weighted by atomic mass is 19.4. The van der Waals surface area contributed by atoms with Crippen LogP contribution in [0.3, 0.4) is 0 Å². The van der Waals surface area contributed by atoms with Crippen LogP contribution in [0.4, 0.5) is 18.9 Å². The summed E-state index contributed by atoms with van der Waals surface area (Å²) in [7, 11) is 0. The molecule has 4 aromatic rings. The number of alkyl halides is 3. The fourth-order valence-electron chi connectivity index (χ4n) is 5.77. The molecular weight excluding hydrogens is 545 g/mol.